The fourth-order valence-corrected chi connectivity index (χ4v) is 3.24. The zero-order chi connectivity index (χ0) is 17.1. The molecule has 1 amide bonds. The lowest BCUT2D eigenvalue weighted by atomic mass is 10.0. The van der Waals surface area contributed by atoms with Gasteiger partial charge in [-0.05, 0) is 55.7 Å². The van der Waals surface area contributed by atoms with Gasteiger partial charge in [-0.3, -0.25) is 4.79 Å². The molecule has 1 saturated heterocycles. The molecular weight excluding hydrogens is 327 g/mol. The number of hydrogen-bond donors (Lipinski definition) is 1. The highest BCUT2D eigenvalue weighted by Gasteiger charge is 2.25. The van der Waals surface area contributed by atoms with Gasteiger partial charge in [-0.25, -0.2) is 4.39 Å². The number of carbonyl (C=O) groups excluding carboxylic acids is 1. The molecule has 1 fully saturated rings. The van der Waals surface area contributed by atoms with Crippen molar-refractivity contribution in [2.45, 2.75) is 25.8 Å². The van der Waals surface area contributed by atoms with Gasteiger partial charge in [0.05, 0.1) is 5.69 Å². The smallest absolute Gasteiger partial charge is 0.253 e. The monoisotopic (exact) mass is 346 g/mol. The number of likely N-dealkylation sites (tertiary alicyclic amines) is 1. The molecule has 3 rings (SSSR count). The maximum Gasteiger partial charge on any atom is 0.253 e. The van der Waals surface area contributed by atoms with Crippen LogP contribution < -0.4 is 5.32 Å². The number of piperidine rings is 1. The van der Waals surface area contributed by atoms with Crippen LogP contribution in [0, 0.1) is 12.7 Å². The molecule has 0 aliphatic carbocycles. The Hall–Kier alpha value is -2.07. The van der Waals surface area contributed by atoms with Gasteiger partial charge in [0, 0.05) is 29.7 Å². The van der Waals surface area contributed by atoms with Crippen molar-refractivity contribution < 1.29 is 9.18 Å². The first-order valence-corrected chi connectivity index (χ1v) is 8.48. The quantitative estimate of drug-likeness (QED) is 0.887. The highest BCUT2D eigenvalue weighted by Crippen LogP contribution is 2.22. The molecule has 0 spiro atoms. The average Bonchev–Trinajstić information content (AvgIpc) is 2.58. The highest BCUT2D eigenvalue weighted by atomic mass is 35.5. The predicted molar refractivity (Wildman–Crippen MR) is 95.1 cm³/mol. The molecule has 0 bridgehead atoms. The van der Waals surface area contributed by atoms with Gasteiger partial charge in [-0.15, -0.1) is 0 Å². The summed E-state index contributed by atoms with van der Waals surface area (Å²) in [5, 5.41) is 3.79. The van der Waals surface area contributed by atoms with Crippen molar-refractivity contribution in [3.8, 4) is 0 Å². The van der Waals surface area contributed by atoms with Crippen molar-refractivity contribution in [1.82, 2.24) is 4.90 Å². The third kappa shape index (κ3) is 3.88. The lowest BCUT2D eigenvalue weighted by Crippen LogP contribution is -2.45. The number of carbonyl (C=O) groups is 1. The Morgan fingerprint density at radius 3 is 2.92 bits per heavy atom. The normalized spacial score (nSPS) is 17.6. The zero-order valence-electron chi connectivity index (χ0n) is 13.6. The largest absolute Gasteiger partial charge is 0.378 e. The van der Waals surface area contributed by atoms with Crippen molar-refractivity contribution in [3.63, 3.8) is 0 Å². The molecule has 1 atom stereocenters. The van der Waals surface area contributed by atoms with Crippen LogP contribution in [0.15, 0.2) is 42.5 Å². The van der Waals surface area contributed by atoms with Crippen LogP contribution in [0.4, 0.5) is 10.1 Å². The molecular formula is C19H20ClFN2O. The number of halogens is 2. The Labute approximate surface area is 146 Å². The maximum atomic E-state index is 13.9. The van der Waals surface area contributed by atoms with E-state index in [0.29, 0.717) is 29.4 Å². The van der Waals surface area contributed by atoms with Crippen LogP contribution in [-0.2, 0) is 0 Å². The fourth-order valence-electron chi connectivity index (χ4n) is 3.05. The van der Waals surface area contributed by atoms with E-state index in [4.69, 9.17) is 11.6 Å². The van der Waals surface area contributed by atoms with Crippen molar-refractivity contribution in [1.29, 1.82) is 0 Å². The zero-order valence-corrected chi connectivity index (χ0v) is 14.3. The van der Waals surface area contributed by atoms with E-state index in [-0.39, 0.29) is 17.8 Å². The van der Waals surface area contributed by atoms with Gasteiger partial charge in [0.2, 0.25) is 0 Å². The van der Waals surface area contributed by atoms with Crippen molar-refractivity contribution in [2.75, 3.05) is 18.4 Å². The van der Waals surface area contributed by atoms with Gasteiger partial charge in [-0.1, -0.05) is 23.7 Å². The van der Waals surface area contributed by atoms with Gasteiger partial charge in [0.1, 0.15) is 5.82 Å². The summed E-state index contributed by atoms with van der Waals surface area (Å²) >= 11 is 5.97. The second kappa shape index (κ2) is 7.22. The summed E-state index contributed by atoms with van der Waals surface area (Å²) in [5.41, 5.74) is 2.09. The molecule has 24 heavy (non-hydrogen) atoms. The summed E-state index contributed by atoms with van der Waals surface area (Å²) in [4.78, 5) is 14.4. The molecule has 1 N–H and O–H groups in total. The molecule has 0 radical (unpaired) electrons. The molecule has 1 aliphatic heterocycles. The van der Waals surface area contributed by atoms with Gasteiger partial charge < -0.3 is 10.2 Å². The summed E-state index contributed by atoms with van der Waals surface area (Å²) in [6.07, 6.45) is 1.80. The minimum atomic E-state index is -0.265. The Morgan fingerprint density at radius 1 is 1.29 bits per heavy atom. The Kier molecular flexibility index (Phi) is 5.05. The van der Waals surface area contributed by atoms with Crippen LogP contribution >= 0.6 is 11.6 Å². The molecule has 1 aliphatic rings. The van der Waals surface area contributed by atoms with Crippen LogP contribution in [0.2, 0.25) is 5.02 Å². The van der Waals surface area contributed by atoms with Gasteiger partial charge in [-0.2, -0.15) is 0 Å². The van der Waals surface area contributed by atoms with Crippen LogP contribution in [0.5, 0.6) is 0 Å². The second-order valence-corrected chi connectivity index (χ2v) is 6.66. The van der Waals surface area contributed by atoms with Crippen molar-refractivity contribution in [2.24, 2.45) is 0 Å². The highest BCUT2D eigenvalue weighted by molar-refractivity contribution is 6.30. The second-order valence-electron chi connectivity index (χ2n) is 6.23. The first kappa shape index (κ1) is 16.8. The molecule has 0 saturated carbocycles. The third-order valence-corrected chi connectivity index (χ3v) is 4.50. The first-order valence-electron chi connectivity index (χ1n) is 8.10. The summed E-state index contributed by atoms with van der Waals surface area (Å²) in [6.45, 7) is 3.19. The van der Waals surface area contributed by atoms with Crippen LogP contribution in [-0.4, -0.2) is 29.9 Å². The summed E-state index contributed by atoms with van der Waals surface area (Å²) in [6, 6.07) is 12.0. The Morgan fingerprint density at radius 2 is 2.12 bits per heavy atom. The van der Waals surface area contributed by atoms with Gasteiger partial charge >= 0.3 is 0 Å². The molecule has 2 aromatic rings. The number of rotatable bonds is 3. The number of amides is 1. The van der Waals surface area contributed by atoms with E-state index >= 15 is 0 Å². The summed E-state index contributed by atoms with van der Waals surface area (Å²) in [5.74, 6) is -0.299. The van der Waals surface area contributed by atoms with E-state index in [1.165, 1.54) is 6.07 Å². The van der Waals surface area contributed by atoms with E-state index in [9.17, 15) is 9.18 Å². The van der Waals surface area contributed by atoms with Gasteiger partial charge in [0.15, 0.2) is 0 Å². The lowest BCUT2D eigenvalue weighted by Gasteiger charge is -2.34. The lowest BCUT2D eigenvalue weighted by molar-refractivity contribution is 0.0715. The maximum absolute atomic E-state index is 13.9. The molecule has 5 heteroatoms. The number of anilines is 1. The molecule has 126 valence electrons. The minimum absolute atomic E-state index is 0.0336. The van der Waals surface area contributed by atoms with Crippen LogP contribution in [0.25, 0.3) is 0 Å². The number of benzene rings is 2. The molecule has 1 unspecified atom stereocenters. The van der Waals surface area contributed by atoms with E-state index in [2.05, 4.69) is 5.32 Å². The third-order valence-electron chi connectivity index (χ3n) is 4.26. The number of nitrogens with zero attached hydrogens (tertiary/aromatic N) is 1. The summed E-state index contributed by atoms with van der Waals surface area (Å²) < 4.78 is 13.9. The SMILES string of the molecule is Cc1ccc(F)c(NC2CCCN(C(=O)c3cccc(Cl)c3)C2)c1. The molecule has 3 nitrogen and oxygen atoms in total. The first-order chi connectivity index (χ1) is 11.5. The van der Waals surface area contributed by atoms with Crippen LogP contribution in [0.1, 0.15) is 28.8 Å². The molecule has 1 heterocycles. The molecule has 2 aromatic carbocycles. The van der Waals surface area contributed by atoms with Gasteiger partial charge in [0.25, 0.3) is 5.91 Å². The minimum Gasteiger partial charge on any atom is -0.378 e. The molecule has 0 aromatic heterocycles. The van der Waals surface area contributed by atoms with Crippen molar-refractivity contribution >= 4 is 23.2 Å². The van der Waals surface area contributed by atoms with E-state index in [1.54, 1.807) is 41.3 Å². The van der Waals surface area contributed by atoms with Crippen molar-refractivity contribution in [3.05, 3.63) is 64.4 Å². The Balaban J connectivity index is 1.70. The fraction of sp³-hybridized carbons (Fsp3) is 0.316. The van der Waals surface area contributed by atoms with E-state index in [0.717, 1.165) is 18.4 Å². The topological polar surface area (TPSA) is 32.3 Å². The summed E-state index contributed by atoms with van der Waals surface area (Å²) in [7, 11) is 0. The Bertz CT molecular complexity index is 750. The van der Waals surface area contributed by atoms with E-state index in [1.807, 2.05) is 6.92 Å². The van der Waals surface area contributed by atoms with Crippen LogP contribution in [0.3, 0.4) is 0 Å². The van der Waals surface area contributed by atoms with E-state index < -0.39 is 0 Å². The predicted octanol–water partition coefficient (Wildman–Crippen LogP) is 4.50. The number of hydrogen-bond acceptors (Lipinski definition) is 2. The number of aryl methyl sites for hydroxylation is 1. The average molecular weight is 347 g/mol. The number of nitrogens with one attached hydrogen (secondary N) is 1. The standard InChI is InChI=1S/C19H20ClFN2O/c1-13-7-8-17(21)18(10-13)22-16-6-3-9-23(12-16)19(24)14-4-2-5-15(20)11-14/h2,4-5,7-8,10-11,16,22H,3,6,9,12H2,1H3.